The third kappa shape index (κ3) is 4.03. The minimum absolute atomic E-state index is 0.273. The van der Waals surface area contributed by atoms with E-state index >= 15 is 0 Å². The van der Waals surface area contributed by atoms with Crippen molar-refractivity contribution in [2.24, 2.45) is 0 Å². The van der Waals surface area contributed by atoms with Gasteiger partial charge in [0.25, 0.3) is 0 Å². The van der Waals surface area contributed by atoms with Gasteiger partial charge < -0.3 is 14.4 Å². The molecular formula is C17H22FN3O2S. The number of nitrogens with zero attached hydrogens (tertiary/aromatic N) is 3. The summed E-state index contributed by atoms with van der Waals surface area (Å²) in [7, 11) is 3.27. The summed E-state index contributed by atoms with van der Waals surface area (Å²) in [5.74, 6) is 0.317. The van der Waals surface area contributed by atoms with Gasteiger partial charge in [-0.05, 0) is 12.1 Å². The van der Waals surface area contributed by atoms with Crippen LogP contribution in [-0.2, 0) is 17.9 Å². The number of benzene rings is 1. The molecule has 130 valence electrons. The van der Waals surface area contributed by atoms with Crippen LogP contribution < -0.4 is 9.64 Å². The number of halogens is 1. The monoisotopic (exact) mass is 351 g/mol. The molecule has 0 amide bonds. The Morgan fingerprint density at radius 3 is 2.71 bits per heavy atom. The van der Waals surface area contributed by atoms with Crippen molar-refractivity contribution in [3.8, 4) is 5.75 Å². The van der Waals surface area contributed by atoms with Crippen LogP contribution in [0.15, 0.2) is 24.4 Å². The number of rotatable bonds is 6. The number of hydrogen-bond acceptors (Lipinski definition) is 6. The minimum atomic E-state index is -0.273. The highest BCUT2D eigenvalue weighted by molar-refractivity contribution is 7.11. The maximum absolute atomic E-state index is 13.3. The van der Waals surface area contributed by atoms with Gasteiger partial charge in [-0.2, -0.15) is 0 Å². The van der Waals surface area contributed by atoms with Gasteiger partial charge in [-0.15, -0.1) is 11.3 Å². The predicted molar refractivity (Wildman–Crippen MR) is 93.3 cm³/mol. The van der Waals surface area contributed by atoms with Crippen LogP contribution in [0.2, 0.25) is 0 Å². The summed E-state index contributed by atoms with van der Waals surface area (Å²) < 4.78 is 23.8. The predicted octanol–water partition coefficient (Wildman–Crippen LogP) is 2.76. The number of piperazine rings is 1. The maximum atomic E-state index is 13.3. The van der Waals surface area contributed by atoms with E-state index in [-0.39, 0.29) is 5.82 Å². The number of thiazole rings is 1. The van der Waals surface area contributed by atoms with E-state index in [0.717, 1.165) is 48.3 Å². The molecule has 5 nitrogen and oxygen atoms in total. The molecular weight excluding hydrogens is 329 g/mol. The van der Waals surface area contributed by atoms with E-state index in [2.05, 4.69) is 14.8 Å². The van der Waals surface area contributed by atoms with E-state index in [9.17, 15) is 4.39 Å². The van der Waals surface area contributed by atoms with Crippen molar-refractivity contribution in [1.29, 1.82) is 0 Å². The van der Waals surface area contributed by atoms with Crippen molar-refractivity contribution in [1.82, 2.24) is 9.88 Å². The minimum Gasteiger partial charge on any atom is -0.494 e. The Bertz CT molecular complexity index is 672. The largest absolute Gasteiger partial charge is 0.494 e. The molecule has 0 bridgehead atoms. The van der Waals surface area contributed by atoms with Gasteiger partial charge in [0.1, 0.15) is 16.6 Å². The molecule has 0 radical (unpaired) electrons. The quantitative estimate of drug-likeness (QED) is 0.800. The average molecular weight is 351 g/mol. The van der Waals surface area contributed by atoms with Crippen LogP contribution in [0.4, 0.5) is 10.1 Å². The SMILES string of the molecule is COCc1cnc(CN2CCN(c3ccc(F)cc3OC)CC2)s1. The zero-order chi connectivity index (χ0) is 16.9. The summed E-state index contributed by atoms with van der Waals surface area (Å²) >= 11 is 1.70. The Morgan fingerprint density at radius 2 is 2.00 bits per heavy atom. The first kappa shape index (κ1) is 17.1. The van der Waals surface area contributed by atoms with Crippen LogP contribution in [-0.4, -0.2) is 50.3 Å². The molecule has 1 saturated heterocycles. The summed E-state index contributed by atoms with van der Waals surface area (Å²) in [5, 5.41) is 1.12. The number of aromatic nitrogens is 1. The fourth-order valence-electron chi connectivity index (χ4n) is 2.88. The van der Waals surface area contributed by atoms with Crippen LogP contribution in [0, 0.1) is 5.82 Å². The molecule has 2 heterocycles. The molecule has 0 atom stereocenters. The second-order valence-electron chi connectivity index (χ2n) is 5.73. The Morgan fingerprint density at radius 1 is 1.21 bits per heavy atom. The average Bonchev–Trinajstić information content (AvgIpc) is 3.03. The lowest BCUT2D eigenvalue weighted by Gasteiger charge is -2.36. The Labute approximate surface area is 145 Å². The molecule has 1 aromatic heterocycles. The number of hydrogen-bond donors (Lipinski definition) is 0. The zero-order valence-electron chi connectivity index (χ0n) is 14.0. The highest BCUT2D eigenvalue weighted by atomic mass is 32.1. The normalized spacial score (nSPS) is 15.7. The molecule has 0 unspecified atom stereocenters. The molecule has 0 spiro atoms. The van der Waals surface area contributed by atoms with Gasteiger partial charge >= 0.3 is 0 Å². The lowest BCUT2D eigenvalue weighted by Crippen LogP contribution is -2.46. The molecule has 1 aliphatic heterocycles. The molecule has 3 rings (SSSR count). The molecule has 7 heteroatoms. The highest BCUT2D eigenvalue weighted by Crippen LogP contribution is 2.30. The highest BCUT2D eigenvalue weighted by Gasteiger charge is 2.20. The lowest BCUT2D eigenvalue weighted by atomic mass is 10.2. The first-order chi connectivity index (χ1) is 11.7. The van der Waals surface area contributed by atoms with E-state index in [0.29, 0.717) is 12.4 Å². The smallest absolute Gasteiger partial charge is 0.145 e. The van der Waals surface area contributed by atoms with Gasteiger partial charge in [-0.3, -0.25) is 4.90 Å². The molecule has 0 aliphatic carbocycles. The summed E-state index contributed by atoms with van der Waals surface area (Å²) in [6.07, 6.45) is 1.89. The van der Waals surface area contributed by atoms with Crippen LogP contribution in [0.5, 0.6) is 5.75 Å². The van der Waals surface area contributed by atoms with E-state index in [1.54, 1.807) is 31.6 Å². The van der Waals surface area contributed by atoms with Crippen molar-refractivity contribution in [2.75, 3.05) is 45.3 Å². The standard InChI is InChI=1S/C17H22FN3O2S/c1-22-12-14-10-19-17(24-14)11-20-5-7-21(8-6-20)15-4-3-13(18)9-16(15)23-2/h3-4,9-10H,5-8,11-12H2,1-2H3. The van der Waals surface area contributed by atoms with Gasteiger partial charge in [-0.25, -0.2) is 9.37 Å². The molecule has 24 heavy (non-hydrogen) atoms. The van der Waals surface area contributed by atoms with Crippen molar-refractivity contribution in [3.63, 3.8) is 0 Å². The van der Waals surface area contributed by atoms with Gasteiger partial charge in [0.15, 0.2) is 0 Å². The van der Waals surface area contributed by atoms with E-state index in [4.69, 9.17) is 9.47 Å². The maximum Gasteiger partial charge on any atom is 0.145 e. The number of anilines is 1. The third-order valence-electron chi connectivity index (χ3n) is 4.10. The number of ether oxygens (including phenoxy) is 2. The summed E-state index contributed by atoms with van der Waals surface area (Å²) in [6, 6.07) is 4.72. The lowest BCUT2D eigenvalue weighted by molar-refractivity contribution is 0.187. The van der Waals surface area contributed by atoms with Crippen LogP contribution in [0.3, 0.4) is 0 Å². The fraction of sp³-hybridized carbons (Fsp3) is 0.471. The first-order valence-corrected chi connectivity index (χ1v) is 8.74. The van der Waals surface area contributed by atoms with Crippen molar-refractivity contribution in [3.05, 3.63) is 40.1 Å². The molecule has 1 fully saturated rings. The summed E-state index contributed by atoms with van der Waals surface area (Å²) in [5.41, 5.74) is 0.954. The third-order valence-corrected chi connectivity index (χ3v) is 5.06. The van der Waals surface area contributed by atoms with Crippen LogP contribution in [0.25, 0.3) is 0 Å². The summed E-state index contributed by atoms with van der Waals surface area (Å²) in [6.45, 7) is 5.15. The van der Waals surface area contributed by atoms with E-state index in [1.165, 1.54) is 12.1 Å². The van der Waals surface area contributed by atoms with Gasteiger partial charge in [0, 0.05) is 45.6 Å². The fourth-order valence-corrected chi connectivity index (χ4v) is 3.82. The first-order valence-electron chi connectivity index (χ1n) is 7.93. The zero-order valence-corrected chi connectivity index (χ0v) is 14.8. The molecule has 2 aromatic rings. The van der Waals surface area contributed by atoms with Crippen molar-refractivity contribution >= 4 is 17.0 Å². The Balaban J connectivity index is 1.57. The topological polar surface area (TPSA) is 37.8 Å². The van der Waals surface area contributed by atoms with Crippen LogP contribution in [0.1, 0.15) is 9.88 Å². The van der Waals surface area contributed by atoms with E-state index in [1.807, 2.05) is 6.20 Å². The Kier molecular flexibility index (Phi) is 5.65. The van der Waals surface area contributed by atoms with Gasteiger partial charge in [0.05, 0.1) is 30.8 Å². The Hall–Kier alpha value is -1.70. The second-order valence-corrected chi connectivity index (χ2v) is 6.93. The molecule has 0 saturated carbocycles. The van der Waals surface area contributed by atoms with Gasteiger partial charge in [0.2, 0.25) is 0 Å². The van der Waals surface area contributed by atoms with Crippen LogP contribution >= 0.6 is 11.3 Å². The number of methoxy groups -OCH3 is 2. The second kappa shape index (κ2) is 7.92. The van der Waals surface area contributed by atoms with Crippen molar-refractivity contribution < 1.29 is 13.9 Å². The summed E-state index contributed by atoms with van der Waals surface area (Å²) in [4.78, 5) is 10.3. The molecule has 1 aromatic carbocycles. The van der Waals surface area contributed by atoms with E-state index < -0.39 is 0 Å². The molecule has 0 N–H and O–H groups in total. The van der Waals surface area contributed by atoms with Gasteiger partial charge in [-0.1, -0.05) is 0 Å². The molecule has 1 aliphatic rings. The van der Waals surface area contributed by atoms with Crippen molar-refractivity contribution in [2.45, 2.75) is 13.2 Å².